The van der Waals surface area contributed by atoms with Crippen molar-refractivity contribution in [3.8, 4) is 0 Å². The summed E-state index contributed by atoms with van der Waals surface area (Å²) >= 11 is 0. The normalized spacial score (nSPS) is 18.6. The van der Waals surface area contributed by atoms with Crippen molar-refractivity contribution < 1.29 is 27.8 Å². The van der Waals surface area contributed by atoms with Crippen molar-refractivity contribution in [2.45, 2.75) is 62.4 Å². The molecule has 1 aliphatic rings. The Balaban J connectivity index is 1.27. The Hall–Kier alpha value is -4.16. The van der Waals surface area contributed by atoms with Gasteiger partial charge in [0, 0.05) is 31.6 Å². The monoisotopic (exact) mass is 683 g/mol. The van der Waals surface area contributed by atoms with Gasteiger partial charge in [-0.15, -0.1) is 6.58 Å². The van der Waals surface area contributed by atoms with Crippen LogP contribution in [0.25, 0.3) is 0 Å². The molecule has 4 atom stereocenters. The van der Waals surface area contributed by atoms with Gasteiger partial charge in [-0.25, -0.2) is 8.42 Å². The van der Waals surface area contributed by atoms with Crippen molar-refractivity contribution in [3.63, 3.8) is 0 Å². The minimum atomic E-state index is -3.94. The van der Waals surface area contributed by atoms with E-state index >= 15 is 0 Å². The van der Waals surface area contributed by atoms with E-state index in [1.165, 1.54) is 12.1 Å². The van der Waals surface area contributed by atoms with Crippen molar-refractivity contribution in [2.75, 3.05) is 20.1 Å². The molecule has 0 bridgehead atoms. The topological polar surface area (TPSA) is 117 Å². The lowest BCUT2D eigenvalue weighted by molar-refractivity contribution is -0.252. The number of aliphatic hydroxyl groups is 1. The van der Waals surface area contributed by atoms with Gasteiger partial charge in [-0.3, -0.25) is 4.79 Å². The number of likely N-dealkylation sites (N-methyl/N-ethyl adjacent to an activating group) is 1. The highest BCUT2D eigenvalue weighted by Gasteiger charge is 2.33. The second-order valence-corrected chi connectivity index (χ2v) is 14.2. The van der Waals surface area contributed by atoms with E-state index in [0.29, 0.717) is 13.0 Å². The van der Waals surface area contributed by atoms with Gasteiger partial charge < -0.3 is 24.8 Å². The van der Waals surface area contributed by atoms with E-state index in [0.717, 1.165) is 39.9 Å². The number of benzene rings is 4. The largest absolute Gasteiger partial charge is 0.392 e. The van der Waals surface area contributed by atoms with E-state index in [4.69, 9.17) is 9.47 Å². The number of aryl methyl sites for hydroxylation is 1. The summed E-state index contributed by atoms with van der Waals surface area (Å²) in [5.41, 5.74) is 5.32. The van der Waals surface area contributed by atoms with Gasteiger partial charge in [-0.1, -0.05) is 103 Å². The number of hydrogen-bond acceptors (Lipinski definition) is 7. The molecule has 258 valence electrons. The Morgan fingerprint density at radius 3 is 2.22 bits per heavy atom. The van der Waals surface area contributed by atoms with Gasteiger partial charge in [0.2, 0.25) is 15.9 Å². The van der Waals surface area contributed by atoms with E-state index in [9.17, 15) is 18.3 Å². The fraction of sp³-hybridized carbons (Fsp3) is 0.308. The summed E-state index contributed by atoms with van der Waals surface area (Å²) in [7, 11) is -1.91. The molecule has 0 aromatic heterocycles. The molecule has 0 aliphatic carbocycles. The first-order valence-corrected chi connectivity index (χ1v) is 17.9. The fourth-order valence-electron chi connectivity index (χ4n) is 5.79. The van der Waals surface area contributed by atoms with E-state index in [1.54, 1.807) is 12.1 Å². The smallest absolute Gasteiger partial charge is 0.241 e. The van der Waals surface area contributed by atoms with Crippen LogP contribution >= 0.6 is 0 Å². The maximum atomic E-state index is 13.5. The van der Waals surface area contributed by atoms with Gasteiger partial charge >= 0.3 is 0 Å². The number of nitrogens with zero attached hydrogens (tertiary/aromatic N) is 1. The van der Waals surface area contributed by atoms with Crippen LogP contribution in [-0.4, -0.2) is 56.6 Å². The summed E-state index contributed by atoms with van der Waals surface area (Å²) in [6.07, 6.45) is 1.85. The second-order valence-electron chi connectivity index (χ2n) is 12.5. The number of rotatable bonds is 15. The molecule has 1 heterocycles. The molecule has 9 nitrogen and oxygen atoms in total. The molecule has 1 aliphatic heterocycles. The van der Waals surface area contributed by atoms with E-state index in [1.807, 2.05) is 98.9 Å². The average Bonchev–Trinajstić information content (AvgIpc) is 3.11. The Kier molecular flexibility index (Phi) is 12.5. The third-order valence-electron chi connectivity index (χ3n) is 8.52. The van der Waals surface area contributed by atoms with Crippen LogP contribution in [0.15, 0.2) is 121 Å². The third kappa shape index (κ3) is 10.2. The fourth-order valence-corrected chi connectivity index (χ4v) is 6.99. The predicted octanol–water partition coefficient (Wildman–Crippen LogP) is 5.36. The van der Waals surface area contributed by atoms with Gasteiger partial charge in [-0.05, 0) is 54.8 Å². The first kappa shape index (κ1) is 36.1. The summed E-state index contributed by atoms with van der Waals surface area (Å²) in [6, 6.07) is 30.3. The molecule has 10 heteroatoms. The summed E-state index contributed by atoms with van der Waals surface area (Å²) in [5.74, 6) is -0.427. The van der Waals surface area contributed by atoms with Crippen LogP contribution in [0.1, 0.15) is 52.2 Å². The van der Waals surface area contributed by atoms with E-state index < -0.39 is 28.3 Å². The number of sulfonamides is 1. The Bertz CT molecular complexity index is 1760. The number of hydrogen-bond donors (Lipinski definition) is 3. The van der Waals surface area contributed by atoms with E-state index in [2.05, 4.69) is 21.5 Å². The Morgan fingerprint density at radius 1 is 0.918 bits per heavy atom. The van der Waals surface area contributed by atoms with Crippen molar-refractivity contribution in [3.05, 3.63) is 149 Å². The highest BCUT2D eigenvalue weighted by Crippen LogP contribution is 2.38. The van der Waals surface area contributed by atoms with Gasteiger partial charge in [0.15, 0.2) is 6.29 Å². The van der Waals surface area contributed by atoms with Gasteiger partial charge in [0.05, 0.1) is 23.7 Å². The minimum Gasteiger partial charge on any atom is -0.392 e. The van der Waals surface area contributed by atoms with Crippen LogP contribution in [0.5, 0.6) is 0 Å². The summed E-state index contributed by atoms with van der Waals surface area (Å²) in [5, 5.41) is 12.4. The molecule has 1 amide bonds. The Labute approximate surface area is 289 Å². The second kappa shape index (κ2) is 17.0. The lowest BCUT2D eigenvalue weighted by Gasteiger charge is -2.37. The molecule has 3 N–H and O–H groups in total. The zero-order valence-corrected chi connectivity index (χ0v) is 28.8. The standard InChI is InChI=1S/C39H45N3O6S/c1-4-22-42(3)26-34-24-37(32-16-14-31(27-43)15-17-32)48-39(47-34)33-18-12-30(13-19-33)25-40-38(44)36(23-29-8-6-5-7-9-29)41-49(45,46)35-20-10-28(2)11-21-35/h4-21,34,36-37,39,41,43H,1,22-27H2,2-3H3,(H,40,44)/t34-,36+,37+,39+/m0/s1. The molecule has 0 unspecified atom stereocenters. The molecule has 5 rings (SSSR count). The molecule has 4 aromatic carbocycles. The number of carbonyl (C=O) groups is 1. The van der Waals surface area contributed by atoms with Crippen molar-refractivity contribution >= 4 is 15.9 Å². The number of ether oxygens (including phenoxy) is 2. The molecule has 49 heavy (non-hydrogen) atoms. The lowest BCUT2D eigenvalue weighted by atomic mass is 9.99. The predicted molar refractivity (Wildman–Crippen MR) is 190 cm³/mol. The summed E-state index contributed by atoms with van der Waals surface area (Å²) in [4.78, 5) is 15.7. The van der Waals surface area contributed by atoms with Crippen LogP contribution in [0.3, 0.4) is 0 Å². The maximum absolute atomic E-state index is 13.5. The van der Waals surface area contributed by atoms with Crippen molar-refractivity contribution in [1.29, 1.82) is 0 Å². The molecule has 0 saturated carbocycles. The molecule has 0 radical (unpaired) electrons. The number of amides is 1. The van der Waals surface area contributed by atoms with Crippen LogP contribution < -0.4 is 10.0 Å². The van der Waals surface area contributed by atoms with Crippen LogP contribution in [0, 0.1) is 6.92 Å². The molecule has 1 fully saturated rings. The molecular formula is C39H45N3O6S. The molecular weight excluding hydrogens is 639 g/mol. The van der Waals surface area contributed by atoms with Gasteiger partial charge in [0.25, 0.3) is 0 Å². The first-order valence-electron chi connectivity index (χ1n) is 16.4. The Morgan fingerprint density at radius 2 is 1.57 bits per heavy atom. The van der Waals surface area contributed by atoms with Gasteiger partial charge in [-0.2, -0.15) is 4.72 Å². The highest BCUT2D eigenvalue weighted by atomic mass is 32.2. The first-order chi connectivity index (χ1) is 23.6. The van der Waals surface area contributed by atoms with Crippen LogP contribution in [0.4, 0.5) is 0 Å². The molecule has 1 saturated heterocycles. The van der Waals surface area contributed by atoms with Gasteiger partial charge in [0.1, 0.15) is 6.04 Å². The summed E-state index contributed by atoms with van der Waals surface area (Å²) < 4.78 is 42.0. The zero-order valence-electron chi connectivity index (χ0n) is 28.0. The highest BCUT2D eigenvalue weighted by molar-refractivity contribution is 7.89. The SMILES string of the molecule is C=CCN(C)C[C@@H]1C[C@H](c2ccc(CO)cc2)O[C@H](c2ccc(CNC(=O)[C@@H](Cc3ccccc3)NS(=O)(=O)c3ccc(C)cc3)cc2)O1. The van der Waals surface area contributed by atoms with Crippen LogP contribution in [0.2, 0.25) is 0 Å². The number of aliphatic hydroxyl groups excluding tert-OH is 1. The third-order valence-corrected chi connectivity index (χ3v) is 10.0. The number of carbonyl (C=O) groups excluding carboxylic acids is 1. The molecule has 4 aromatic rings. The number of nitrogens with one attached hydrogen (secondary N) is 2. The minimum absolute atomic E-state index is 0.0178. The maximum Gasteiger partial charge on any atom is 0.241 e. The summed E-state index contributed by atoms with van der Waals surface area (Å²) in [6.45, 7) is 7.36. The van der Waals surface area contributed by atoms with Crippen molar-refractivity contribution in [1.82, 2.24) is 14.9 Å². The lowest BCUT2D eigenvalue weighted by Crippen LogP contribution is -2.47. The quantitative estimate of drug-likeness (QED) is 0.145. The average molecular weight is 684 g/mol. The molecule has 0 spiro atoms. The zero-order chi connectivity index (χ0) is 34.8. The van der Waals surface area contributed by atoms with Crippen molar-refractivity contribution in [2.24, 2.45) is 0 Å². The van der Waals surface area contributed by atoms with E-state index in [-0.39, 0.29) is 36.7 Å². The van der Waals surface area contributed by atoms with Crippen LogP contribution in [-0.2, 0) is 43.9 Å².